The van der Waals surface area contributed by atoms with Crippen LogP contribution in [0, 0.1) is 5.92 Å². The molecule has 0 radical (unpaired) electrons. The van der Waals surface area contributed by atoms with E-state index in [2.05, 4.69) is 42.7 Å². The minimum Gasteiger partial charge on any atom is -0.497 e. The number of benzene rings is 3. The molecule has 0 saturated carbocycles. The standard InChI is InChI=1S/C26H30N2O3/c1-18(2)25(20-8-12-23(30-3)13-9-20)27-17-19-6-5-7-22(16-19)28-26(29)21-10-14-24(31-4)15-11-21/h5-16,18,25,27H,17H2,1-4H3,(H,28,29). The summed E-state index contributed by atoms with van der Waals surface area (Å²) >= 11 is 0. The van der Waals surface area contributed by atoms with E-state index in [1.165, 1.54) is 5.56 Å². The molecule has 5 nitrogen and oxygen atoms in total. The van der Waals surface area contributed by atoms with Crippen LogP contribution in [0.25, 0.3) is 0 Å². The second-order valence-corrected chi connectivity index (χ2v) is 7.76. The quantitative estimate of drug-likeness (QED) is 0.486. The van der Waals surface area contributed by atoms with Gasteiger partial charge >= 0.3 is 0 Å². The lowest BCUT2D eigenvalue weighted by molar-refractivity contribution is 0.102. The number of hydrogen-bond acceptors (Lipinski definition) is 4. The summed E-state index contributed by atoms with van der Waals surface area (Å²) in [6.07, 6.45) is 0. The van der Waals surface area contributed by atoms with Gasteiger partial charge in [-0.05, 0) is 65.6 Å². The summed E-state index contributed by atoms with van der Waals surface area (Å²) in [5.41, 5.74) is 3.68. The number of carbonyl (C=O) groups excluding carboxylic acids is 1. The van der Waals surface area contributed by atoms with E-state index in [1.807, 2.05) is 30.3 Å². The topological polar surface area (TPSA) is 59.6 Å². The van der Waals surface area contributed by atoms with Crippen LogP contribution in [0.15, 0.2) is 72.8 Å². The van der Waals surface area contributed by atoms with Crippen LogP contribution < -0.4 is 20.1 Å². The van der Waals surface area contributed by atoms with E-state index in [9.17, 15) is 4.79 Å². The summed E-state index contributed by atoms with van der Waals surface area (Å²) in [4.78, 5) is 12.5. The second-order valence-electron chi connectivity index (χ2n) is 7.76. The third-order valence-electron chi connectivity index (χ3n) is 5.20. The molecule has 0 aliphatic rings. The van der Waals surface area contributed by atoms with Crippen molar-refractivity contribution in [3.05, 3.63) is 89.5 Å². The molecule has 0 spiro atoms. The van der Waals surface area contributed by atoms with Gasteiger partial charge in [-0.25, -0.2) is 0 Å². The number of hydrogen-bond donors (Lipinski definition) is 2. The van der Waals surface area contributed by atoms with Gasteiger partial charge in [-0.15, -0.1) is 0 Å². The maximum Gasteiger partial charge on any atom is 0.255 e. The number of amides is 1. The molecular formula is C26H30N2O3. The van der Waals surface area contributed by atoms with Crippen molar-refractivity contribution in [2.24, 2.45) is 5.92 Å². The van der Waals surface area contributed by atoms with Crippen LogP contribution in [-0.2, 0) is 6.54 Å². The average molecular weight is 419 g/mol. The molecule has 2 N–H and O–H groups in total. The number of methoxy groups -OCH3 is 2. The van der Waals surface area contributed by atoms with Crippen molar-refractivity contribution in [1.29, 1.82) is 0 Å². The second kappa shape index (κ2) is 10.6. The molecule has 0 heterocycles. The normalized spacial score (nSPS) is 11.8. The summed E-state index contributed by atoms with van der Waals surface area (Å²) in [5.74, 6) is 1.85. The molecule has 5 heteroatoms. The highest BCUT2D eigenvalue weighted by atomic mass is 16.5. The Morgan fingerprint density at radius 3 is 2.06 bits per heavy atom. The smallest absolute Gasteiger partial charge is 0.255 e. The van der Waals surface area contributed by atoms with Crippen LogP contribution in [0.2, 0.25) is 0 Å². The van der Waals surface area contributed by atoms with Gasteiger partial charge in [0.25, 0.3) is 5.91 Å². The highest BCUT2D eigenvalue weighted by Gasteiger charge is 2.15. The largest absolute Gasteiger partial charge is 0.497 e. The third-order valence-corrected chi connectivity index (χ3v) is 5.20. The average Bonchev–Trinajstić information content (AvgIpc) is 2.79. The van der Waals surface area contributed by atoms with Gasteiger partial charge < -0.3 is 20.1 Å². The Balaban J connectivity index is 1.65. The molecule has 1 amide bonds. The number of ether oxygens (including phenoxy) is 2. The maximum atomic E-state index is 12.5. The minimum absolute atomic E-state index is 0.147. The van der Waals surface area contributed by atoms with Gasteiger partial charge in [-0.1, -0.05) is 38.1 Å². The van der Waals surface area contributed by atoms with E-state index in [4.69, 9.17) is 9.47 Å². The summed E-state index contributed by atoms with van der Waals surface area (Å²) in [6, 6.07) is 23.4. The van der Waals surface area contributed by atoms with E-state index in [1.54, 1.807) is 38.5 Å². The molecule has 0 saturated heterocycles. The molecule has 3 rings (SSSR count). The van der Waals surface area contributed by atoms with Crippen molar-refractivity contribution in [3.8, 4) is 11.5 Å². The molecule has 3 aromatic rings. The van der Waals surface area contributed by atoms with Crippen LogP contribution in [0.4, 0.5) is 5.69 Å². The summed E-state index contributed by atoms with van der Waals surface area (Å²) in [7, 11) is 3.28. The Hall–Kier alpha value is -3.31. The van der Waals surface area contributed by atoms with Gasteiger partial charge in [0.15, 0.2) is 0 Å². The fourth-order valence-corrected chi connectivity index (χ4v) is 3.48. The molecule has 162 valence electrons. The molecule has 3 aromatic carbocycles. The molecule has 0 aliphatic heterocycles. The molecule has 0 aliphatic carbocycles. The lowest BCUT2D eigenvalue weighted by Crippen LogP contribution is -2.25. The highest BCUT2D eigenvalue weighted by Crippen LogP contribution is 2.25. The van der Waals surface area contributed by atoms with Crippen molar-refractivity contribution in [2.75, 3.05) is 19.5 Å². The van der Waals surface area contributed by atoms with Crippen molar-refractivity contribution in [1.82, 2.24) is 5.32 Å². The summed E-state index contributed by atoms with van der Waals surface area (Å²) < 4.78 is 10.4. The number of carbonyl (C=O) groups is 1. The van der Waals surface area contributed by atoms with E-state index in [0.717, 1.165) is 22.7 Å². The van der Waals surface area contributed by atoms with Gasteiger partial charge in [0.05, 0.1) is 14.2 Å². The fourth-order valence-electron chi connectivity index (χ4n) is 3.48. The fraction of sp³-hybridized carbons (Fsp3) is 0.269. The van der Waals surface area contributed by atoms with Crippen LogP contribution in [0.3, 0.4) is 0 Å². The van der Waals surface area contributed by atoms with Crippen LogP contribution >= 0.6 is 0 Å². The third kappa shape index (κ3) is 6.09. The molecule has 31 heavy (non-hydrogen) atoms. The van der Waals surface area contributed by atoms with Crippen molar-refractivity contribution in [3.63, 3.8) is 0 Å². The van der Waals surface area contributed by atoms with Crippen molar-refractivity contribution < 1.29 is 14.3 Å². The maximum absolute atomic E-state index is 12.5. The molecular weight excluding hydrogens is 388 g/mol. The van der Waals surface area contributed by atoms with Gasteiger partial charge in [0.1, 0.15) is 11.5 Å². The highest BCUT2D eigenvalue weighted by molar-refractivity contribution is 6.04. The number of nitrogens with one attached hydrogen (secondary N) is 2. The van der Waals surface area contributed by atoms with Gasteiger partial charge in [-0.3, -0.25) is 4.79 Å². The Labute approximate surface area is 184 Å². The number of rotatable bonds is 9. The monoisotopic (exact) mass is 418 g/mol. The van der Waals surface area contributed by atoms with E-state index in [-0.39, 0.29) is 11.9 Å². The van der Waals surface area contributed by atoms with Gasteiger partial charge in [0, 0.05) is 23.8 Å². The summed E-state index contributed by atoms with van der Waals surface area (Å²) in [6.45, 7) is 5.10. The van der Waals surface area contributed by atoms with Crippen molar-refractivity contribution >= 4 is 11.6 Å². The minimum atomic E-state index is -0.147. The Morgan fingerprint density at radius 1 is 0.871 bits per heavy atom. The van der Waals surface area contributed by atoms with E-state index in [0.29, 0.717) is 18.0 Å². The molecule has 0 fully saturated rings. The Bertz CT molecular complexity index is 982. The SMILES string of the molecule is COc1ccc(C(=O)Nc2cccc(CNC(c3ccc(OC)cc3)C(C)C)c2)cc1. The first-order valence-corrected chi connectivity index (χ1v) is 10.4. The van der Waals surface area contributed by atoms with Crippen LogP contribution in [0.5, 0.6) is 11.5 Å². The van der Waals surface area contributed by atoms with Crippen molar-refractivity contribution in [2.45, 2.75) is 26.4 Å². The first kappa shape index (κ1) is 22.4. The van der Waals surface area contributed by atoms with Gasteiger partial charge in [0.2, 0.25) is 0 Å². The first-order chi connectivity index (χ1) is 15.0. The lowest BCUT2D eigenvalue weighted by atomic mass is 9.95. The first-order valence-electron chi connectivity index (χ1n) is 10.4. The predicted octanol–water partition coefficient (Wildman–Crippen LogP) is 5.44. The van der Waals surface area contributed by atoms with E-state index >= 15 is 0 Å². The molecule has 1 unspecified atom stereocenters. The predicted molar refractivity (Wildman–Crippen MR) is 125 cm³/mol. The van der Waals surface area contributed by atoms with Crippen LogP contribution in [-0.4, -0.2) is 20.1 Å². The number of anilines is 1. The van der Waals surface area contributed by atoms with E-state index < -0.39 is 0 Å². The zero-order valence-electron chi connectivity index (χ0n) is 18.5. The lowest BCUT2D eigenvalue weighted by Gasteiger charge is -2.23. The molecule has 0 bridgehead atoms. The van der Waals surface area contributed by atoms with Crippen LogP contribution in [0.1, 0.15) is 41.4 Å². The molecule has 1 atom stereocenters. The Morgan fingerprint density at radius 2 is 1.48 bits per heavy atom. The van der Waals surface area contributed by atoms with Gasteiger partial charge in [-0.2, -0.15) is 0 Å². The summed E-state index contributed by atoms with van der Waals surface area (Å²) in [5, 5.41) is 6.62. The Kier molecular flexibility index (Phi) is 7.68. The molecule has 0 aromatic heterocycles. The zero-order valence-corrected chi connectivity index (χ0v) is 18.5. The zero-order chi connectivity index (χ0) is 22.2.